The zero-order valence-corrected chi connectivity index (χ0v) is 15.3. The number of thioether (sulfide) groups is 1. The Morgan fingerprint density at radius 3 is 2.62 bits per heavy atom. The number of hydrogen-bond acceptors (Lipinski definition) is 7. The van der Waals surface area contributed by atoms with Gasteiger partial charge in [-0.3, -0.25) is 4.79 Å². The largest absolute Gasteiger partial charge is 0.465 e. The number of esters is 1. The number of benzene rings is 1. The number of aromatic nitrogens is 2. The Labute approximate surface area is 156 Å². The maximum Gasteiger partial charge on any atom is 0.337 e. The van der Waals surface area contributed by atoms with E-state index in [9.17, 15) is 9.59 Å². The quantitative estimate of drug-likeness (QED) is 0.474. The molecule has 0 atom stereocenters. The summed E-state index contributed by atoms with van der Waals surface area (Å²) in [7, 11) is 1.33. The normalized spacial score (nSPS) is 13.5. The Hall–Kier alpha value is -2.61. The fourth-order valence-electron chi connectivity index (χ4n) is 2.67. The summed E-state index contributed by atoms with van der Waals surface area (Å²) in [6.07, 6.45) is 3.91. The van der Waals surface area contributed by atoms with Crippen molar-refractivity contribution in [3.8, 4) is 0 Å². The molecule has 1 N–H and O–H groups in total. The Morgan fingerprint density at radius 1 is 1.19 bits per heavy atom. The first-order valence-electron chi connectivity index (χ1n) is 8.34. The van der Waals surface area contributed by atoms with E-state index in [2.05, 4.69) is 24.9 Å². The fraction of sp³-hybridized carbons (Fsp3) is 0.333. The van der Waals surface area contributed by atoms with Crippen molar-refractivity contribution < 1.29 is 14.3 Å². The molecule has 26 heavy (non-hydrogen) atoms. The van der Waals surface area contributed by atoms with Crippen molar-refractivity contribution in [2.75, 3.05) is 36.2 Å². The van der Waals surface area contributed by atoms with Gasteiger partial charge >= 0.3 is 5.97 Å². The smallest absolute Gasteiger partial charge is 0.337 e. The highest BCUT2D eigenvalue weighted by Gasteiger charge is 2.14. The van der Waals surface area contributed by atoms with Gasteiger partial charge in [0.15, 0.2) is 0 Å². The molecule has 3 rings (SSSR count). The summed E-state index contributed by atoms with van der Waals surface area (Å²) in [6, 6.07) is 8.49. The number of carbonyl (C=O) groups excluding carboxylic acids is 2. The van der Waals surface area contributed by atoms with Crippen molar-refractivity contribution in [1.29, 1.82) is 0 Å². The van der Waals surface area contributed by atoms with Crippen LogP contribution in [0.2, 0.25) is 0 Å². The summed E-state index contributed by atoms with van der Waals surface area (Å²) < 4.78 is 4.65. The van der Waals surface area contributed by atoms with Crippen molar-refractivity contribution in [1.82, 2.24) is 9.97 Å². The van der Waals surface area contributed by atoms with Crippen molar-refractivity contribution in [3.05, 3.63) is 42.2 Å². The lowest BCUT2D eigenvalue weighted by Crippen LogP contribution is -2.19. The molecule has 1 aromatic heterocycles. The van der Waals surface area contributed by atoms with Crippen LogP contribution in [0.5, 0.6) is 0 Å². The van der Waals surface area contributed by atoms with E-state index < -0.39 is 5.97 Å². The lowest BCUT2D eigenvalue weighted by atomic mass is 10.2. The van der Waals surface area contributed by atoms with Crippen LogP contribution >= 0.6 is 11.8 Å². The number of ether oxygens (including phenoxy) is 1. The molecule has 2 heterocycles. The van der Waals surface area contributed by atoms with Gasteiger partial charge in [-0.2, -0.15) is 0 Å². The van der Waals surface area contributed by atoms with Gasteiger partial charge in [-0.15, -0.1) is 0 Å². The second kappa shape index (κ2) is 8.66. The van der Waals surface area contributed by atoms with Gasteiger partial charge in [-0.05, 0) is 37.1 Å². The Balaban J connectivity index is 1.52. The minimum atomic E-state index is -0.406. The van der Waals surface area contributed by atoms with Crippen molar-refractivity contribution in [3.63, 3.8) is 0 Å². The standard InChI is InChI=1S/C18H20N4O3S/c1-25-18(24)13-4-6-14(7-5-13)21-16(23)11-26-17-10-15(19-12-20-17)22-8-2-3-9-22/h4-7,10,12H,2-3,8-9,11H2,1H3,(H,21,23). The van der Waals surface area contributed by atoms with E-state index in [1.807, 2.05) is 6.07 Å². The highest BCUT2D eigenvalue weighted by atomic mass is 32.2. The first-order chi connectivity index (χ1) is 12.7. The predicted molar refractivity (Wildman–Crippen MR) is 101 cm³/mol. The topological polar surface area (TPSA) is 84.4 Å². The van der Waals surface area contributed by atoms with Crippen LogP contribution in [0.4, 0.5) is 11.5 Å². The van der Waals surface area contributed by atoms with Crippen LogP contribution in [-0.4, -0.2) is 47.8 Å². The lowest BCUT2D eigenvalue weighted by Gasteiger charge is -2.16. The maximum atomic E-state index is 12.1. The second-order valence-electron chi connectivity index (χ2n) is 5.81. The van der Waals surface area contributed by atoms with Crippen molar-refractivity contribution in [2.45, 2.75) is 17.9 Å². The third-order valence-corrected chi connectivity index (χ3v) is 4.92. The number of hydrogen-bond donors (Lipinski definition) is 1. The molecule has 1 saturated heterocycles. The minimum Gasteiger partial charge on any atom is -0.465 e. The van der Waals surface area contributed by atoms with E-state index >= 15 is 0 Å². The molecule has 0 saturated carbocycles. The molecule has 0 spiro atoms. The Morgan fingerprint density at radius 2 is 1.92 bits per heavy atom. The number of nitrogens with zero attached hydrogens (tertiary/aromatic N) is 3. The molecule has 1 aromatic carbocycles. The van der Waals surface area contributed by atoms with Crippen LogP contribution in [0.25, 0.3) is 0 Å². The molecule has 2 aromatic rings. The van der Waals surface area contributed by atoms with Crippen molar-refractivity contribution in [2.24, 2.45) is 0 Å². The maximum absolute atomic E-state index is 12.1. The number of amides is 1. The van der Waals surface area contributed by atoms with Gasteiger partial charge in [-0.1, -0.05) is 11.8 Å². The van der Waals surface area contributed by atoms with Gasteiger partial charge in [0.1, 0.15) is 17.2 Å². The Kier molecular flexibility index (Phi) is 6.06. The molecule has 7 nitrogen and oxygen atoms in total. The van der Waals surface area contributed by atoms with E-state index in [-0.39, 0.29) is 11.7 Å². The Bertz CT molecular complexity index is 776. The summed E-state index contributed by atoms with van der Waals surface area (Å²) >= 11 is 1.37. The number of methoxy groups -OCH3 is 1. The number of carbonyl (C=O) groups is 2. The predicted octanol–water partition coefficient (Wildman–Crippen LogP) is 2.59. The van der Waals surface area contributed by atoms with Gasteiger partial charge in [-0.25, -0.2) is 14.8 Å². The molecule has 1 aliphatic heterocycles. The van der Waals surface area contributed by atoms with Crippen LogP contribution in [0.1, 0.15) is 23.2 Å². The molecule has 0 unspecified atom stereocenters. The summed E-state index contributed by atoms with van der Waals surface area (Å²) in [4.78, 5) is 34.3. The van der Waals surface area contributed by atoms with Crippen LogP contribution < -0.4 is 10.2 Å². The van der Waals surface area contributed by atoms with Gasteiger partial charge in [0.05, 0.1) is 18.4 Å². The van der Waals surface area contributed by atoms with Gasteiger partial charge < -0.3 is 15.0 Å². The second-order valence-corrected chi connectivity index (χ2v) is 6.81. The molecule has 136 valence electrons. The van der Waals surface area contributed by atoms with E-state index in [1.165, 1.54) is 31.7 Å². The van der Waals surface area contributed by atoms with Crippen LogP contribution in [0, 0.1) is 0 Å². The van der Waals surface area contributed by atoms with Crippen LogP contribution in [0.15, 0.2) is 41.7 Å². The number of rotatable bonds is 6. The average molecular weight is 372 g/mol. The lowest BCUT2D eigenvalue weighted by molar-refractivity contribution is -0.113. The van der Waals surface area contributed by atoms with Crippen LogP contribution in [-0.2, 0) is 9.53 Å². The zero-order chi connectivity index (χ0) is 18.4. The third kappa shape index (κ3) is 4.72. The van der Waals surface area contributed by atoms with E-state index in [1.54, 1.807) is 30.6 Å². The molecule has 0 bridgehead atoms. The summed E-state index contributed by atoms with van der Waals surface area (Å²) in [5, 5.41) is 3.58. The molecule has 0 aliphatic carbocycles. The van der Waals surface area contributed by atoms with E-state index in [0.29, 0.717) is 11.3 Å². The third-order valence-electron chi connectivity index (χ3n) is 4.00. The van der Waals surface area contributed by atoms with E-state index in [0.717, 1.165) is 23.9 Å². The summed E-state index contributed by atoms with van der Waals surface area (Å²) in [5.74, 6) is 0.617. The molecule has 0 radical (unpaired) electrons. The number of anilines is 2. The van der Waals surface area contributed by atoms with Crippen LogP contribution in [0.3, 0.4) is 0 Å². The van der Waals surface area contributed by atoms with E-state index in [4.69, 9.17) is 0 Å². The minimum absolute atomic E-state index is 0.137. The first kappa shape index (κ1) is 18.2. The van der Waals surface area contributed by atoms with Gasteiger partial charge in [0.25, 0.3) is 0 Å². The summed E-state index contributed by atoms with van der Waals surface area (Å²) in [5.41, 5.74) is 1.07. The highest BCUT2D eigenvalue weighted by Crippen LogP contribution is 2.22. The van der Waals surface area contributed by atoms with Crippen molar-refractivity contribution >= 4 is 35.1 Å². The van der Waals surface area contributed by atoms with Gasteiger partial charge in [0.2, 0.25) is 5.91 Å². The summed E-state index contributed by atoms with van der Waals surface area (Å²) in [6.45, 7) is 2.03. The SMILES string of the molecule is COC(=O)c1ccc(NC(=O)CSc2cc(N3CCCC3)ncn2)cc1. The molecule has 1 amide bonds. The average Bonchev–Trinajstić information content (AvgIpc) is 3.21. The number of nitrogens with one attached hydrogen (secondary N) is 1. The molecular formula is C18H20N4O3S. The monoisotopic (exact) mass is 372 g/mol. The molecule has 1 fully saturated rings. The van der Waals surface area contributed by atoms with Gasteiger partial charge in [0, 0.05) is 24.8 Å². The zero-order valence-electron chi connectivity index (χ0n) is 14.5. The fourth-order valence-corrected chi connectivity index (χ4v) is 3.33. The highest BCUT2D eigenvalue weighted by molar-refractivity contribution is 7.99. The molecular weight excluding hydrogens is 352 g/mol. The first-order valence-corrected chi connectivity index (χ1v) is 9.32. The molecule has 1 aliphatic rings. The molecule has 8 heteroatoms.